The number of carbonyl (C=O) groups is 1. The van der Waals surface area contributed by atoms with Crippen LogP contribution in [0.4, 0.5) is 5.13 Å². The van der Waals surface area contributed by atoms with Crippen molar-refractivity contribution in [1.82, 2.24) is 25.1 Å². The van der Waals surface area contributed by atoms with Gasteiger partial charge in [-0.3, -0.25) is 15.1 Å². The Kier molecular flexibility index (Phi) is 7.96. The quantitative estimate of drug-likeness (QED) is 0.351. The second kappa shape index (κ2) is 11.5. The number of aromatic nitrogens is 4. The van der Waals surface area contributed by atoms with Gasteiger partial charge in [-0.25, -0.2) is 4.98 Å². The molecule has 0 unspecified atom stereocenters. The second-order valence-corrected chi connectivity index (χ2v) is 8.92. The van der Waals surface area contributed by atoms with Crippen LogP contribution in [0.1, 0.15) is 28.4 Å². The van der Waals surface area contributed by atoms with Gasteiger partial charge in [-0.05, 0) is 31.8 Å². The van der Waals surface area contributed by atoms with Crippen molar-refractivity contribution in [3.8, 4) is 22.2 Å². The van der Waals surface area contributed by atoms with E-state index in [-0.39, 0.29) is 12.0 Å². The minimum atomic E-state index is -0.369. The molecule has 3 aromatic heterocycles. The zero-order valence-electron chi connectivity index (χ0n) is 19.7. The number of pyridine rings is 2. The molecule has 1 amide bonds. The van der Waals surface area contributed by atoms with E-state index in [2.05, 4.69) is 30.4 Å². The Balaban J connectivity index is 1.49. The van der Waals surface area contributed by atoms with Crippen molar-refractivity contribution >= 4 is 22.4 Å². The van der Waals surface area contributed by atoms with Gasteiger partial charge in [0.15, 0.2) is 5.75 Å². The predicted octanol–water partition coefficient (Wildman–Crippen LogP) is 4.33. The van der Waals surface area contributed by atoms with Gasteiger partial charge < -0.3 is 14.4 Å². The first-order valence-corrected chi connectivity index (χ1v) is 11.8. The van der Waals surface area contributed by atoms with Crippen molar-refractivity contribution in [2.45, 2.75) is 12.5 Å². The molecule has 9 nitrogen and oxygen atoms in total. The molecule has 35 heavy (non-hydrogen) atoms. The van der Waals surface area contributed by atoms with Crippen molar-refractivity contribution in [1.29, 1.82) is 0 Å². The molecule has 0 fully saturated rings. The fourth-order valence-corrected chi connectivity index (χ4v) is 4.06. The molecule has 180 valence electrons. The standard InChI is InChI=1S/C25H26N6O3S/c1-31(2)14-11-20(17-7-5-4-6-8-17)34-23-21(33-3)15-19(16-27-23)22(32)28-25-30-29-24(35-25)18-9-12-26-13-10-18/h4-10,12-13,15-16,20H,11,14H2,1-3H3,(H,28,30,32)/t20-/m0/s1. The molecule has 0 aliphatic carbocycles. The Labute approximate surface area is 207 Å². The van der Waals surface area contributed by atoms with E-state index in [1.54, 1.807) is 18.5 Å². The van der Waals surface area contributed by atoms with Crippen LogP contribution >= 0.6 is 11.3 Å². The van der Waals surface area contributed by atoms with E-state index in [4.69, 9.17) is 9.47 Å². The van der Waals surface area contributed by atoms with E-state index in [1.165, 1.54) is 24.6 Å². The summed E-state index contributed by atoms with van der Waals surface area (Å²) in [5.74, 6) is 0.331. The van der Waals surface area contributed by atoms with E-state index in [0.717, 1.165) is 24.1 Å². The zero-order valence-corrected chi connectivity index (χ0v) is 20.5. The number of nitrogens with zero attached hydrogens (tertiary/aromatic N) is 5. The van der Waals surface area contributed by atoms with Gasteiger partial charge in [0, 0.05) is 43.2 Å². The first-order valence-electron chi connectivity index (χ1n) is 11.0. The summed E-state index contributed by atoms with van der Waals surface area (Å²) in [6.45, 7) is 0.839. The molecule has 3 heterocycles. The highest BCUT2D eigenvalue weighted by molar-refractivity contribution is 7.18. The summed E-state index contributed by atoms with van der Waals surface area (Å²) >= 11 is 1.27. The highest BCUT2D eigenvalue weighted by Crippen LogP contribution is 2.32. The van der Waals surface area contributed by atoms with Gasteiger partial charge in [-0.1, -0.05) is 41.7 Å². The first-order chi connectivity index (χ1) is 17.0. The van der Waals surface area contributed by atoms with E-state index in [0.29, 0.717) is 27.3 Å². The van der Waals surface area contributed by atoms with Gasteiger partial charge >= 0.3 is 0 Å². The minimum absolute atomic E-state index is 0.215. The van der Waals surface area contributed by atoms with Crippen molar-refractivity contribution < 1.29 is 14.3 Å². The highest BCUT2D eigenvalue weighted by atomic mass is 32.1. The maximum atomic E-state index is 12.8. The number of carbonyl (C=O) groups excluding carboxylic acids is 1. The lowest BCUT2D eigenvalue weighted by Crippen LogP contribution is -2.19. The number of nitrogens with one attached hydrogen (secondary N) is 1. The normalized spacial score (nSPS) is 11.8. The molecule has 4 rings (SSSR count). The Morgan fingerprint density at radius 2 is 1.89 bits per heavy atom. The molecular formula is C25H26N6O3S. The van der Waals surface area contributed by atoms with E-state index < -0.39 is 0 Å². The third-order valence-corrected chi connectivity index (χ3v) is 6.02. The third kappa shape index (κ3) is 6.37. The second-order valence-electron chi connectivity index (χ2n) is 7.94. The molecule has 0 aliphatic rings. The number of rotatable bonds is 10. The number of benzene rings is 1. The maximum absolute atomic E-state index is 12.8. The average molecular weight is 491 g/mol. The number of amides is 1. The molecule has 0 aliphatic heterocycles. The summed E-state index contributed by atoms with van der Waals surface area (Å²) in [7, 11) is 5.56. The van der Waals surface area contributed by atoms with Crippen molar-refractivity contribution in [2.24, 2.45) is 0 Å². The number of hydrogen-bond donors (Lipinski definition) is 1. The molecule has 1 aromatic carbocycles. The van der Waals surface area contributed by atoms with Gasteiger partial charge in [0.2, 0.25) is 5.13 Å². The summed E-state index contributed by atoms with van der Waals surface area (Å²) in [6.07, 6.45) is 5.37. The van der Waals surface area contributed by atoms with Gasteiger partial charge in [0.1, 0.15) is 11.1 Å². The molecule has 0 saturated heterocycles. The van der Waals surface area contributed by atoms with Crippen molar-refractivity contribution in [2.75, 3.05) is 33.1 Å². The summed E-state index contributed by atoms with van der Waals surface area (Å²) in [5, 5.41) is 12.0. The van der Waals surface area contributed by atoms with Crippen LogP contribution in [0.2, 0.25) is 0 Å². The van der Waals surface area contributed by atoms with E-state index in [1.807, 2.05) is 56.6 Å². The lowest BCUT2D eigenvalue weighted by Gasteiger charge is -2.22. The molecule has 0 bridgehead atoms. The van der Waals surface area contributed by atoms with Crippen LogP contribution in [0.15, 0.2) is 67.1 Å². The largest absolute Gasteiger partial charge is 0.491 e. The Bertz CT molecular complexity index is 1250. The van der Waals surface area contributed by atoms with Gasteiger partial charge in [0.05, 0.1) is 12.7 Å². The predicted molar refractivity (Wildman–Crippen MR) is 135 cm³/mol. The average Bonchev–Trinajstić information content (AvgIpc) is 3.36. The summed E-state index contributed by atoms with van der Waals surface area (Å²) < 4.78 is 11.8. The molecule has 0 saturated carbocycles. The molecule has 4 aromatic rings. The fourth-order valence-electron chi connectivity index (χ4n) is 3.32. The van der Waals surface area contributed by atoms with Crippen LogP contribution in [-0.4, -0.2) is 58.7 Å². The van der Waals surface area contributed by atoms with Crippen LogP contribution < -0.4 is 14.8 Å². The number of anilines is 1. The van der Waals surface area contributed by atoms with Crippen molar-refractivity contribution in [3.63, 3.8) is 0 Å². The zero-order chi connectivity index (χ0) is 24.6. The van der Waals surface area contributed by atoms with Gasteiger partial charge in [0.25, 0.3) is 11.8 Å². The lowest BCUT2D eigenvalue weighted by molar-refractivity contribution is 0.102. The summed E-state index contributed by atoms with van der Waals surface area (Å²) in [5.41, 5.74) is 2.24. The molecule has 1 atom stereocenters. The SMILES string of the molecule is COc1cc(C(=O)Nc2nnc(-c3ccncc3)s2)cnc1O[C@@H](CCN(C)C)c1ccccc1. The summed E-state index contributed by atoms with van der Waals surface area (Å²) in [4.78, 5) is 23.3. The molecule has 0 radical (unpaired) electrons. The van der Waals surface area contributed by atoms with Gasteiger partial charge in [-0.2, -0.15) is 0 Å². The Morgan fingerprint density at radius 3 is 2.60 bits per heavy atom. The molecule has 10 heteroatoms. The van der Waals surface area contributed by atoms with E-state index >= 15 is 0 Å². The summed E-state index contributed by atoms with van der Waals surface area (Å²) in [6, 6.07) is 15.3. The van der Waals surface area contributed by atoms with Crippen LogP contribution in [0.25, 0.3) is 10.6 Å². The molecule has 1 N–H and O–H groups in total. The highest BCUT2D eigenvalue weighted by Gasteiger charge is 2.20. The fraction of sp³-hybridized carbons (Fsp3) is 0.240. The van der Waals surface area contributed by atoms with Crippen molar-refractivity contribution in [3.05, 3.63) is 78.2 Å². The number of methoxy groups -OCH3 is 1. The lowest BCUT2D eigenvalue weighted by atomic mass is 10.1. The number of hydrogen-bond acceptors (Lipinski definition) is 9. The molecular weight excluding hydrogens is 464 g/mol. The monoisotopic (exact) mass is 490 g/mol. The minimum Gasteiger partial charge on any atom is -0.491 e. The van der Waals surface area contributed by atoms with Crippen LogP contribution in [0.5, 0.6) is 11.6 Å². The van der Waals surface area contributed by atoms with Crippen LogP contribution in [0.3, 0.4) is 0 Å². The first kappa shape index (κ1) is 24.2. The van der Waals surface area contributed by atoms with Gasteiger partial charge in [-0.15, -0.1) is 10.2 Å². The topological polar surface area (TPSA) is 102 Å². The number of ether oxygens (including phenoxy) is 2. The Morgan fingerprint density at radius 1 is 1.11 bits per heavy atom. The van der Waals surface area contributed by atoms with Crippen LogP contribution in [0, 0.1) is 0 Å². The third-order valence-electron chi connectivity index (χ3n) is 5.14. The molecule has 0 spiro atoms. The maximum Gasteiger partial charge on any atom is 0.259 e. The smallest absolute Gasteiger partial charge is 0.259 e. The Hall–Kier alpha value is -3.89. The van der Waals surface area contributed by atoms with Crippen LogP contribution in [-0.2, 0) is 0 Å². The van der Waals surface area contributed by atoms with E-state index in [9.17, 15) is 4.79 Å².